The number of methoxy groups -OCH3 is 1. The molecule has 180 valence electrons. The Morgan fingerprint density at radius 1 is 0.829 bits per heavy atom. The molecule has 0 bridgehead atoms. The zero-order chi connectivity index (χ0) is 25.4. The summed E-state index contributed by atoms with van der Waals surface area (Å²) in [6.45, 7) is 6.40. The molecule has 3 aromatic carbocycles. The summed E-state index contributed by atoms with van der Waals surface area (Å²) >= 11 is 5.22. The quantitative estimate of drug-likeness (QED) is 0.304. The second-order valence-electron chi connectivity index (χ2n) is 8.91. The Balaban J connectivity index is 1.50. The van der Waals surface area contributed by atoms with E-state index in [-0.39, 0.29) is 22.3 Å². The van der Waals surface area contributed by atoms with E-state index in [0.717, 1.165) is 11.3 Å². The number of carbonyl (C=O) groups excluding carboxylic acids is 2. The average Bonchev–Trinajstić information content (AvgIpc) is 2.83. The number of amides is 2. The van der Waals surface area contributed by atoms with E-state index in [1.165, 1.54) is 11.6 Å². The number of rotatable bonds is 6. The minimum absolute atomic E-state index is 0.0325. The fourth-order valence-corrected chi connectivity index (χ4v) is 3.38. The van der Waals surface area contributed by atoms with Crippen LogP contribution in [0.15, 0.2) is 78.9 Å². The highest BCUT2D eigenvalue weighted by atomic mass is 32.1. The van der Waals surface area contributed by atoms with Crippen LogP contribution in [0.5, 0.6) is 5.75 Å². The van der Waals surface area contributed by atoms with E-state index in [9.17, 15) is 9.59 Å². The first-order valence-corrected chi connectivity index (χ1v) is 11.5. The highest BCUT2D eigenvalue weighted by Gasteiger charge is 2.14. The molecule has 0 radical (unpaired) electrons. The first kappa shape index (κ1) is 25.6. The molecule has 0 atom stereocenters. The lowest BCUT2D eigenvalue weighted by Gasteiger charge is -2.19. The molecule has 3 N–H and O–H groups in total. The smallest absolute Gasteiger partial charge is 0.255 e. The van der Waals surface area contributed by atoms with Gasteiger partial charge < -0.3 is 15.4 Å². The highest BCUT2D eigenvalue weighted by molar-refractivity contribution is 7.80. The van der Waals surface area contributed by atoms with E-state index in [2.05, 4.69) is 36.7 Å². The van der Waals surface area contributed by atoms with E-state index in [1.54, 1.807) is 37.5 Å². The lowest BCUT2D eigenvalue weighted by atomic mass is 9.87. The molecule has 0 aliphatic rings. The molecular weight excluding hydrogens is 458 g/mol. The maximum absolute atomic E-state index is 12.5. The third kappa shape index (κ3) is 7.79. The zero-order valence-corrected chi connectivity index (χ0v) is 21.0. The molecule has 0 heterocycles. The number of anilines is 2. The number of thiocarbonyl (C=S) groups is 1. The third-order valence-electron chi connectivity index (χ3n) is 5.19. The van der Waals surface area contributed by atoms with Crippen LogP contribution < -0.4 is 20.7 Å². The van der Waals surface area contributed by atoms with Gasteiger partial charge >= 0.3 is 0 Å². The van der Waals surface area contributed by atoms with Gasteiger partial charge in [0, 0.05) is 23.0 Å². The van der Waals surface area contributed by atoms with Crippen LogP contribution in [0.2, 0.25) is 0 Å². The van der Waals surface area contributed by atoms with Crippen molar-refractivity contribution in [3.05, 3.63) is 95.6 Å². The van der Waals surface area contributed by atoms with Crippen molar-refractivity contribution in [3.63, 3.8) is 0 Å². The molecule has 3 rings (SSSR count). The Hall–Kier alpha value is -3.97. The van der Waals surface area contributed by atoms with Gasteiger partial charge in [-0.25, -0.2) is 0 Å². The van der Waals surface area contributed by atoms with Gasteiger partial charge in [-0.1, -0.05) is 45.0 Å². The van der Waals surface area contributed by atoms with Crippen molar-refractivity contribution >= 4 is 46.6 Å². The summed E-state index contributed by atoms with van der Waals surface area (Å²) in [5.41, 5.74) is 3.99. The maximum atomic E-state index is 12.5. The second-order valence-corrected chi connectivity index (χ2v) is 9.32. The van der Waals surface area contributed by atoms with Gasteiger partial charge in [-0.2, -0.15) is 0 Å². The number of hydrogen-bond donors (Lipinski definition) is 3. The van der Waals surface area contributed by atoms with Crippen molar-refractivity contribution < 1.29 is 14.3 Å². The molecule has 6 nitrogen and oxygen atoms in total. The second kappa shape index (κ2) is 11.4. The van der Waals surface area contributed by atoms with E-state index in [4.69, 9.17) is 17.0 Å². The Labute approximate surface area is 211 Å². The lowest BCUT2D eigenvalue weighted by Crippen LogP contribution is -2.32. The molecule has 0 spiro atoms. The molecule has 0 unspecified atom stereocenters. The molecule has 0 aliphatic carbocycles. The average molecular weight is 488 g/mol. The molecule has 35 heavy (non-hydrogen) atoms. The highest BCUT2D eigenvalue weighted by Crippen LogP contribution is 2.22. The minimum atomic E-state index is -0.348. The molecule has 0 saturated heterocycles. The van der Waals surface area contributed by atoms with Crippen LogP contribution in [0, 0.1) is 0 Å². The van der Waals surface area contributed by atoms with E-state index in [1.807, 2.05) is 48.5 Å². The SMILES string of the molecule is COc1ccc(/C=C/C(=O)NC(=S)Nc2ccc(NC(=O)c3ccc(C(C)(C)C)cc3)cc2)cc1. The van der Waals surface area contributed by atoms with Crippen LogP contribution >= 0.6 is 12.2 Å². The van der Waals surface area contributed by atoms with E-state index >= 15 is 0 Å². The summed E-state index contributed by atoms with van der Waals surface area (Å²) in [7, 11) is 1.60. The molecule has 0 aliphatic heterocycles. The Bertz CT molecular complexity index is 1210. The summed E-state index contributed by atoms with van der Waals surface area (Å²) in [6.07, 6.45) is 3.09. The standard InChI is InChI=1S/C28H29N3O3S/c1-28(2,3)21-10-8-20(9-11-21)26(33)29-22-12-14-23(15-13-22)30-27(35)31-25(32)18-7-19-5-16-24(34-4)17-6-19/h5-18H,1-4H3,(H,29,33)(H2,30,31,32,35)/b18-7+. The van der Waals surface area contributed by atoms with Crippen molar-refractivity contribution in [2.75, 3.05) is 17.7 Å². The van der Waals surface area contributed by atoms with Crippen LogP contribution in [-0.4, -0.2) is 24.0 Å². The summed E-state index contributed by atoms with van der Waals surface area (Å²) in [5.74, 6) is 0.217. The Morgan fingerprint density at radius 2 is 1.40 bits per heavy atom. The largest absolute Gasteiger partial charge is 0.497 e. The van der Waals surface area contributed by atoms with Crippen molar-refractivity contribution in [1.29, 1.82) is 0 Å². The maximum Gasteiger partial charge on any atom is 0.255 e. The van der Waals surface area contributed by atoms with Crippen LogP contribution in [0.3, 0.4) is 0 Å². The van der Waals surface area contributed by atoms with Crippen molar-refractivity contribution in [1.82, 2.24) is 5.32 Å². The summed E-state index contributed by atoms with van der Waals surface area (Å²) in [6, 6.07) is 22.0. The Kier molecular flexibility index (Phi) is 8.39. The van der Waals surface area contributed by atoms with Gasteiger partial charge in [-0.3, -0.25) is 14.9 Å². The van der Waals surface area contributed by atoms with Crippen LogP contribution in [-0.2, 0) is 10.2 Å². The van der Waals surface area contributed by atoms with Gasteiger partial charge in [0.05, 0.1) is 7.11 Å². The monoisotopic (exact) mass is 487 g/mol. The fourth-order valence-electron chi connectivity index (χ4n) is 3.16. The molecular formula is C28H29N3O3S. The third-order valence-corrected chi connectivity index (χ3v) is 5.40. The van der Waals surface area contributed by atoms with Gasteiger partial charge in [-0.05, 0) is 83.4 Å². The predicted octanol–water partition coefficient (Wildman–Crippen LogP) is 5.77. The van der Waals surface area contributed by atoms with Gasteiger partial charge in [0.25, 0.3) is 5.91 Å². The molecule has 2 amide bonds. The fraction of sp³-hybridized carbons (Fsp3) is 0.179. The van der Waals surface area contributed by atoms with Gasteiger partial charge in [-0.15, -0.1) is 0 Å². The number of nitrogens with one attached hydrogen (secondary N) is 3. The number of benzene rings is 3. The minimum Gasteiger partial charge on any atom is -0.497 e. The van der Waals surface area contributed by atoms with Crippen LogP contribution in [0.25, 0.3) is 6.08 Å². The molecule has 0 fully saturated rings. The zero-order valence-electron chi connectivity index (χ0n) is 20.2. The number of hydrogen-bond acceptors (Lipinski definition) is 4. The molecule has 0 saturated carbocycles. The van der Waals surface area contributed by atoms with E-state index in [0.29, 0.717) is 16.9 Å². The van der Waals surface area contributed by atoms with Crippen molar-refractivity contribution in [3.8, 4) is 5.75 Å². The first-order chi connectivity index (χ1) is 16.6. The summed E-state index contributed by atoms with van der Waals surface area (Å²) in [4.78, 5) is 24.7. The molecule has 7 heteroatoms. The normalized spacial score (nSPS) is 11.1. The van der Waals surface area contributed by atoms with Crippen LogP contribution in [0.4, 0.5) is 11.4 Å². The van der Waals surface area contributed by atoms with Crippen molar-refractivity contribution in [2.45, 2.75) is 26.2 Å². The summed E-state index contributed by atoms with van der Waals surface area (Å²) < 4.78 is 5.11. The number of carbonyl (C=O) groups is 2. The van der Waals surface area contributed by atoms with Gasteiger partial charge in [0.15, 0.2) is 5.11 Å². The molecule has 0 aromatic heterocycles. The number of ether oxygens (including phenoxy) is 1. The molecule has 3 aromatic rings. The van der Waals surface area contributed by atoms with Gasteiger partial charge in [0.1, 0.15) is 5.75 Å². The van der Waals surface area contributed by atoms with Crippen LogP contribution in [0.1, 0.15) is 42.3 Å². The van der Waals surface area contributed by atoms with Gasteiger partial charge in [0.2, 0.25) is 5.91 Å². The first-order valence-electron chi connectivity index (χ1n) is 11.1. The predicted molar refractivity (Wildman–Crippen MR) is 146 cm³/mol. The Morgan fingerprint density at radius 3 is 1.94 bits per heavy atom. The van der Waals surface area contributed by atoms with Crippen molar-refractivity contribution in [2.24, 2.45) is 0 Å². The lowest BCUT2D eigenvalue weighted by molar-refractivity contribution is -0.115. The van der Waals surface area contributed by atoms with E-state index < -0.39 is 0 Å². The summed E-state index contributed by atoms with van der Waals surface area (Å²) in [5, 5.41) is 8.61. The topological polar surface area (TPSA) is 79.5 Å².